The molecule has 1 aromatic rings. The standard InChI is InChI=1S/C13H16N2O2/c1-9-13(17)15(10(2)12(16)14-9)8-11-6-4-3-5-7-11/h3-7,9-10H,8H2,1-2H3,(H,14,16)/t9-,10-/m0/s1. The normalized spacial score (nSPS) is 24.7. The molecule has 1 aliphatic heterocycles. The first-order valence-electron chi connectivity index (χ1n) is 5.74. The Morgan fingerprint density at radius 3 is 2.47 bits per heavy atom. The number of nitrogens with zero attached hydrogens (tertiary/aromatic N) is 1. The zero-order valence-corrected chi connectivity index (χ0v) is 10.0. The molecule has 4 heteroatoms. The van der Waals surface area contributed by atoms with Gasteiger partial charge >= 0.3 is 0 Å². The molecular formula is C13H16N2O2. The maximum atomic E-state index is 12.0. The highest BCUT2D eigenvalue weighted by atomic mass is 16.2. The fourth-order valence-corrected chi connectivity index (χ4v) is 1.97. The number of hydrogen-bond donors (Lipinski definition) is 1. The van der Waals surface area contributed by atoms with Crippen molar-refractivity contribution in [1.82, 2.24) is 10.2 Å². The maximum Gasteiger partial charge on any atom is 0.245 e. The number of benzene rings is 1. The van der Waals surface area contributed by atoms with Gasteiger partial charge in [0.1, 0.15) is 12.1 Å². The summed E-state index contributed by atoms with van der Waals surface area (Å²) >= 11 is 0. The number of nitrogens with one attached hydrogen (secondary N) is 1. The highest BCUT2D eigenvalue weighted by Crippen LogP contribution is 2.14. The predicted octanol–water partition coefficient (Wildman–Crippen LogP) is 0.922. The van der Waals surface area contributed by atoms with Gasteiger partial charge in [-0.25, -0.2) is 0 Å². The lowest BCUT2D eigenvalue weighted by atomic mass is 10.1. The summed E-state index contributed by atoms with van der Waals surface area (Å²) in [5.41, 5.74) is 1.04. The first-order chi connectivity index (χ1) is 8.09. The van der Waals surface area contributed by atoms with E-state index in [-0.39, 0.29) is 11.8 Å². The Labute approximate surface area is 101 Å². The van der Waals surface area contributed by atoms with Crippen LogP contribution in [0, 0.1) is 0 Å². The van der Waals surface area contributed by atoms with Gasteiger partial charge in [-0.1, -0.05) is 30.3 Å². The second kappa shape index (κ2) is 4.57. The van der Waals surface area contributed by atoms with Crippen LogP contribution in [-0.4, -0.2) is 28.8 Å². The van der Waals surface area contributed by atoms with Crippen molar-refractivity contribution in [3.8, 4) is 0 Å². The molecule has 0 aliphatic carbocycles. The van der Waals surface area contributed by atoms with Gasteiger partial charge in [0.25, 0.3) is 0 Å². The summed E-state index contributed by atoms with van der Waals surface area (Å²) in [6, 6.07) is 8.87. The third kappa shape index (κ3) is 2.30. The van der Waals surface area contributed by atoms with Crippen LogP contribution >= 0.6 is 0 Å². The molecule has 0 saturated carbocycles. The van der Waals surface area contributed by atoms with Gasteiger partial charge in [0.05, 0.1) is 0 Å². The van der Waals surface area contributed by atoms with Gasteiger partial charge in [-0.15, -0.1) is 0 Å². The SMILES string of the molecule is C[C@@H]1NC(=O)[C@H](C)N(Cc2ccccc2)C1=O. The molecule has 4 nitrogen and oxygen atoms in total. The Morgan fingerprint density at radius 2 is 1.82 bits per heavy atom. The molecule has 0 unspecified atom stereocenters. The zero-order valence-electron chi connectivity index (χ0n) is 10.0. The van der Waals surface area contributed by atoms with E-state index in [1.165, 1.54) is 0 Å². The average Bonchev–Trinajstić information content (AvgIpc) is 2.33. The second-order valence-electron chi connectivity index (χ2n) is 4.36. The van der Waals surface area contributed by atoms with Gasteiger partial charge in [0.2, 0.25) is 11.8 Å². The lowest BCUT2D eigenvalue weighted by Crippen LogP contribution is -2.60. The van der Waals surface area contributed by atoms with Gasteiger partial charge in [0.15, 0.2) is 0 Å². The molecule has 0 spiro atoms. The summed E-state index contributed by atoms with van der Waals surface area (Å²) in [4.78, 5) is 25.3. The Balaban J connectivity index is 2.18. The van der Waals surface area contributed by atoms with Crippen LogP contribution in [0.25, 0.3) is 0 Å². The van der Waals surface area contributed by atoms with Crippen molar-refractivity contribution >= 4 is 11.8 Å². The summed E-state index contributed by atoms with van der Waals surface area (Å²) in [6.07, 6.45) is 0. The Bertz CT molecular complexity index is 430. The fourth-order valence-electron chi connectivity index (χ4n) is 1.97. The lowest BCUT2D eigenvalue weighted by Gasteiger charge is -2.36. The van der Waals surface area contributed by atoms with E-state index in [2.05, 4.69) is 5.32 Å². The Hall–Kier alpha value is -1.84. The van der Waals surface area contributed by atoms with E-state index in [0.717, 1.165) is 5.56 Å². The van der Waals surface area contributed by atoms with E-state index in [1.54, 1.807) is 18.7 Å². The predicted molar refractivity (Wildman–Crippen MR) is 64.1 cm³/mol. The van der Waals surface area contributed by atoms with Gasteiger partial charge in [-0.05, 0) is 19.4 Å². The van der Waals surface area contributed by atoms with E-state index in [1.807, 2.05) is 30.3 Å². The van der Waals surface area contributed by atoms with Crippen molar-refractivity contribution in [2.75, 3.05) is 0 Å². The number of hydrogen-bond acceptors (Lipinski definition) is 2. The molecule has 2 amide bonds. The quantitative estimate of drug-likeness (QED) is 0.824. The number of carbonyl (C=O) groups excluding carboxylic acids is 2. The highest BCUT2D eigenvalue weighted by Gasteiger charge is 2.35. The molecule has 1 heterocycles. The summed E-state index contributed by atoms with van der Waals surface area (Å²) in [6.45, 7) is 3.95. The van der Waals surface area contributed by atoms with Crippen molar-refractivity contribution in [3.05, 3.63) is 35.9 Å². The first kappa shape index (κ1) is 11.6. The molecule has 0 aromatic heterocycles. The van der Waals surface area contributed by atoms with Crippen molar-refractivity contribution in [2.45, 2.75) is 32.5 Å². The second-order valence-corrected chi connectivity index (χ2v) is 4.36. The minimum absolute atomic E-state index is 0.0269. The highest BCUT2D eigenvalue weighted by molar-refractivity contribution is 5.96. The molecule has 0 radical (unpaired) electrons. The van der Waals surface area contributed by atoms with Gasteiger partial charge in [-0.2, -0.15) is 0 Å². The van der Waals surface area contributed by atoms with Crippen LogP contribution in [-0.2, 0) is 16.1 Å². The average molecular weight is 232 g/mol. The molecule has 1 N–H and O–H groups in total. The van der Waals surface area contributed by atoms with Crippen LogP contribution in [0.1, 0.15) is 19.4 Å². The number of amides is 2. The molecule has 1 fully saturated rings. The van der Waals surface area contributed by atoms with E-state index in [0.29, 0.717) is 6.54 Å². The van der Waals surface area contributed by atoms with E-state index >= 15 is 0 Å². The summed E-state index contributed by atoms with van der Waals surface area (Å²) in [5, 5.41) is 2.66. The first-order valence-corrected chi connectivity index (χ1v) is 5.74. The molecule has 0 bridgehead atoms. The molecule has 1 saturated heterocycles. The van der Waals surface area contributed by atoms with Crippen LogP contribution < -0.4 is 5.32 Å². The smallest absolute Gasteiger partial charge is 0.245 e. The maximum absolute atomic E-state index is 12.0. The largest absolute Gasteiger partial charge is 0.343 e. The third-order valence-electron chi connectivity index (χ3n) is 3.05. The minimum atomic E-state index is -0.428. The number of piperazine rings is 1. The lowest BCUT2D eigenvalue weighted by molar-refractivity contribution is -0.148. The minimum Gasteiger partial charge on any atom is -0.343 e. The molecule has 2 rings (SSSR count). The number of rotatable bonds is 2. The topological polar surface area (TPSA) is 49.4 Å². The molecule has 90 valence electrons. The van der Waals surface area contributed by atoms with Crippen LogP contribution in [0.3, 0.4) is 0 Å². The van der Waals surface area contributed by atoms with Crippen molar-refractivity contribution in [2.24, 2.45) is 0 Å². The van der Waals surface area contributed by atoms with Gasteiger partial charge < -0.3 is 10.2 Å². The van der Waals surface area contributed by atoms with Crippen LogP contribution in [0.4, 0.5) is 0 Å². The molecular weight excluding hydrogens is 216 g/mol. The monoisotopic (exact) mass is 232 g/mol. The van der Waals surface area contributed by atoms with Crippen LogP contribution in [0.5, 0.6) is 0 Å². The molecule has 1 aromatic carbocycles. The fraction of sp³-hybridized carbons (Fsp3) is 0.385. The third-order valence-corrected chi connectivity index (χ3v) is 3.05. The van der Waals surface area contributed by atoms with Crippen molar-refractivity contribution < 1.29 is 9.59 Å². The summed E-state index contributed by atoms with van der Waals surface area (Å²) in [5.74, 6) is -0.117. The number of carbonyl (C=O) groups is 2. The van der Waals surface area contributed by atoms with E-state index in [9.17, 15) is 9.59 Å². The van der Waals surface area contributed by atoms with E-state index < -0.39 is 12.1 Å². The zero-order chi connectivity index (χ0) is 12.4. The Morgan fingerprint density at radius 1 is 1.18 bits per heavy atom. The molecule has 17 heavy (non-hydrogen) atoms. The van der Waals surface area contributed by atoms with Crippen molar-refractivity contribution in [1.29, 1.82) is 0 Å². The van der Waals surface area contributed by atoms with Gasteiger partial charge in [-0.3, -0.25) is 9.59 Å². The van der Waals surface area contributed by atoms with Crippen molar-refractivity contribution in [3.63, 3.8) is 0 Å². The molecule has 2 atom stereocenters. The summed E-state index contributed by atoms with van der Waals surface area (Å²) in [7, 11) is 0. The Kier molecular flexibility index (Phi) is 3.13. The van der Waals surface area contributed by atoms with Crippen LogP contribution in [0.15, 0.2) is 30.3 Å². The molecule has 1 aliphatic rings. The van der Waals surface area contributed by atoms with Gasteiger partial charge in [0, 0.05) is 6.54 Å². The van der Waals surface area contributed by atoms with Crippen LogP contribution in [0.2, 0.25) is 0 Å². The summed E-state index contributed by atoms with van der Waals surface area (Å²) < 4.78 is 0. The van der Waals surface area contributed by atoms with E-state index in [4.69, 9.17) is 0 Å².